The van der Waals surface area contributed by atoms with Crippen LogP contribution >= 0.6 is 0 Å². The summed E-state index contributed by atoms with van der Waals surface area (Å²) in [6, 6.07) is 10.5. The molecular weight excluding hydrogens is 325 g/mol. The van der Waals surface area contributed by atoms with Gasteiger partial charge >= 0.3 is 0 Å². The van der Waals surface area contributed by atoms with Crippen molar-refractivity contribution in [3.05, 3.63) is 59.4 Å². The number of phenols is 1. The number of hydrogen-bond donors (Lipinski definition) is 4. The Morgan fingerprint density at radius 2 is 1.68 bits per heavy atom. The summed E-state index contributed by atoms with van der Waals surface area (Å²) in [6.45, 7) is 0. The molecule has 4 atom stereocenters. The Labute approximate surface area is 144 Å². The van der Waals surface area contributed by atoms with Gasteiger partial charge in [-0.3, -0.25) is 4.79 Å². The number of halogens is 1. The predicted molar refractivity (Wildman–Crippen MR) is 88.2 cm³/mol. The zero-order valence-corrected chi connectivity index (χ0v) is 13.5. The van der Waals surface area contributed by atoms with E-state index in [1.807, 2.05) is 0 Å². The lowest BCUT2D eigenvalue weighted by molar-refractivity contribution is -0.121. The number of nitrogens with one attached hydrogen (secondary N) is 3. The van der Waals surface area contributed by atoms with Crippen LogP contribution < -0.4 is 20.9 Å². The van der Waals surface area contributed by atoms with E-state index in [2.05, 4.69) is 16.2 Å². The van der Waals surface area contributed by atoms with Crippen molar-refractivity contribution in [2.75, 3.05) is 7.11 Å². The van der Waals surface area contributed by atoms with Crippen LogP contribution in [0.3, 0.4) is 0 Å². The Morgan fingerprint density at radius 1 is 1.00 bits per heavy atom. The highest BCUT2D eigenvalue weighted by molar-refractivity contribution is 5.86. The molecule has 0 aromatic heterocycles. The second-order valence-electron chi connectivity index (χ2n) is 6.29. The van der Waals surface area contributed by atoms with Crippen LogP contribution in [0, 0.1) is 11.7 Å². The number of hydrazine groups is 1. The molecule has 2 saturated heterocycles. The maximum atomic E-state index is 13.2. The molecule has 0 radical (unpaired) electrons. The topological polar surface area (TPSA) is 82.6 Å². The lowest BCUT2D eigenvalue weighted by atomic mass is 9.83. The van der Waals surface area contributed by atoms with E-state index >= 15 is 0 Å². The molecule has 0 saturated carbocycles. The molecule has 2 aliphatic heterocycles. The van der Waals surface area contributed by atoms with E-state index in [1.165, 1.54) is 19.2 Å². The molecule has 2 heterocycles. The fraction of sp³-hybridized carbons (Fsp3) is 0.278. The molecular formula is C18H18FN3O3. The summed E-state index contributed by atoms with van der Waals surface area (Å²) >= 11 is 0. The van der Waals surface area contributed by atoms with E-state index in [-0.39, 0.29) is 41.5 Å². The third kappa shape index (κ3) is 2.61. The van der Waals surface area contributed by atoms with Crippen LogP contribution in [0.4, 0.5) is 4.39 Å². The summed E-state index contributed by atoms with van der Waals surface area (Å²) in [5, 5.41) is 12.8. The van der Waals surface area contributed by atoms with Gasteiger partial charge in [0.15, 0.2) is 11.5 Å². The Balaban J connectivity index is 1.71. The average Bonchev–Trinajstić information content (AvgIpc) is 3.18. The Morgan fingerprint density at radius 3 is 2.40 bits per heavy atom. The molecule has 6 nitrogen and oxygen atoms in total. The number of amides is 1. The molecule has 4 rings (SSSR count). The van der Waals surface area contributed by atoms with Gasteiger partial charge in [0, 0.05) is 5.92 Å². The molecule has 2 fully saturated rings. The van der Waals surface area contributed by atoms with Crippen LogP contribution in [-0.4, -0.2) is 24.2 Å². The minimum absolute atomic E-state index is 0.0462. The maximum absolute atomic E-state index is 13.2. The van der Waals surface area contributed by atoms with Crippen LogP contribution in [0.2, 0.25) is 0 Å². The quantitative estimate of drug-likeness (QED) is 0.680. The highest BCUT2D eigenvalue weighted by Gasteiger charge is 2.51. The van der Waals surface area contributed by atoms with E-state index in [1.54, 1.807) is 30.3 Å². The van der Waals surface area contributed by atoms with Crippen molar-refractivity contribution in [1.29, 1.82) is 0 Å². The second kappa shape index (κ2) is 6.02. The fourth-order valence-corrected chi connectivity index (χ4v) is 3.70. The minimum atomic E-state index is -0.389. The molecule has 7 heteroatoms. The summed E-state index contributed by atoms with van der Waals surface area (Å²) < 4.78 is 18.4. The smallest absolute Gasteiger partial charge is 0.239 e. The Kier molecular flexibility index (Phi) is 3.82. The van der Waals surface area contributed by atoms with Crippen molar-refractivity contribution < 1.29 is 19.0 Å². The van der Waals surface area contributed by atoms with Crippen molar-refractivity contribution in [3.8, 4) is 11.5 Å². The minimum Gasteiger partial charge on any atom is -0.504 e. The van der Waals surface area contributed by atoms with Gasteiger partial charge in [-0.05, 0) is 35.4 Å². The first kappa shape index (κ1) is 15.9. The molecule has 2 aromatic rings. The number of aromatic hydroxyl groups is 1. The number of carbonyl (C=O) groups excluding carboxylic acids is 1. The zero-order valence-electron chi connectivity index (χ0n) is 13.5. The standard InChI is InChI=1S/C18H18FN3O3/c1-25-13-8-10(4-7-12(13)23)15-14-16(9-2-5-11(19)6-3-9)21-22-17(14)18(24)20-15/h2-8,14-17,21-23H,1H3,(H,20,24). The van der Waals surface area contributed by atoms with Crippen LogP contribution in [0.15, 0.2) is 42.5 Å². The number of fused-ring (bicyclic) bond motifs is 1. The van der Waals surface area contributed by atoms with Gasteiger partial charge in [-0.25, -0.2) is 15.2 Å². The molecule has 1 amide bonds. The molecule has 130 valence electrons. The van der Waals surface area contributed by atoms with Crippen LogP contribution in [-0.2, 0) is 4.79 Å². The van der Waals surface area contributed by atoms with Crippen molar-refractivity contribution in [2.45, 2.75) is 18.1 Å². The first-order chi connectivity index (χ1) is 12.1. The highest BCUT2D eigenvalue weighted by atomic mass is 19.1. The van der Waals surface area contributed by atoms with Gasteiger partial charge < -0.3 is 15.2 Å². The van der Waals surface area contributed by atoms with Gasteiger partial charge in [-0.2, -0.15) is 0 Å². The number of methoxy groups -OCH3 is 1. The summed E-state index contributed by atoms with van der Waals surface area (Å²) in [5.74, 6) is -0.101. The summed E-state index contributed by atoms with van der Waals surface area (Å²) in [7, 11) is 1.48. The zero-order chi connectivity index (χ0) is 17.6. The third-order valence-corrected chi connectivity index (χ3v) is 4.92. The Bertz CT molecular complexity index is 812. The number of ether oxygens (including phenoxy) is 1. The first-order valence-corrected chi connectivity index (χ1v) is 8.02. The molecule has 4 N–H and O–H groups in total. The lowest BCUT2D eigenvalue weighted by Crippen LogP contribution is -2.39. The van der Waals surface area contributed by atoms with Gasteiger partial charge in [0.1, 0.15) is 11.9 Å². The monoisotopic (exact) mass is 343 g/mol. The van der Waals surface area contributed by atoms with Gasteiger partial charge in [0.2, 0.25) is 5.91 Å². The van der Waals surface area contributed by atoms with E-state index in [0.717, 1.165) is 11.1 Å². The molecule has 2 aliphatic rings. The van der Waals surface area contributed by atoms with Crippen molar-refractivity contribution in [2.24, 2.45) is 5.92 Å². The summed E-state index contributed by atoms with van der Waals surface area (Å²) in [4.78, 5) is 12.3. The molecule has 0 spiro atoms. The number of benzene rings is 2. The van der Waals surface area contributed by atoms with Crippen molar-refractivity contribution >= 4 is 5.91 Å². The number of carbonyl (C=O) groups is 1. The fourth-order valence-electron chi connectivity index (χ4n) is 3.70. The normalized spacial score (nSPS) is 27.8. The van der Waals surface area contributed by atoms with Crippen LogP contribution in [0.25, 0.3) is 0 Å². The van der Waals surface area contributed by atoms with E-state index in [9.17, 15) is 14.3 Å². The first-order valence-electron chi connectivity index (χ1n) is 8.02. The molecule has 0 bridgehead atoms. The molecule has 2 aromatic carbocycles. The van der Waals surface area contributed by atoms with E-state index in [0.29, 0.717) is 5.75 Å². The van der Waals surface area contributed by atoms with Crippen LogP contribution in [0.1, 0.15) is 23.2 Å². The molecule has 25 heavy (non-hydrogen) atoms. The number of hydrogen-bond acceptors (Lipinski definition) is 5. The predicted octanol–water partition coefficient (Wildman–Crippen LogP) is 1.54. The van der Waals surface area contributed by atoms with Gasteiger partial charge in [-0.1, -0.05) is 18.2 Å². The highest BCUT2D eigenvalue weighted by Crippen LogP contribution is 2.43. The molecule has 0 aliphatic carbocycles. The van der Waals surface area contributed by atoms with E-state index < -0.39 is 0 Å². The Hall–Kier alpha value is -2.64. The van der Waals surface area contributed by atoms with Crippen LogP contribution in [0.5, 0.6) is 11.5 Å². The lowest BCUT2D eigenvalue weighted by Gasteiger charge is -2.24. The molecule has 4 unspecified atom stereocenters. The van der Waals surface area contributed by atoms with Crippen molar-refractivity contribution in [1.82, 2.24) is 16.2 Å². The van der Waals surface area contributed by atoms with E-state index in [4.69, 9.17) is 4.74 Å². The summed E-state index contributed by atoms with van der Waals surface area (Å²) in [6.07, 6.45) is 0. The van der Waals surface area contributed by atoms with Gasteiger partial charge in [-0.15, -0.1) is 0 Å². The average molecular weight is 343 g/mol. The second-order valence-corrected chi connectivity index (χ2v) is 6.29. The number of phenolic OH excluding ortho intramolecular Hbond substituents is 1. The third-order valence-electron chi connectivity index (χ3n) is 4.92. The SMILES string of the molecule is COc1cc(C2NC(=O)C3NNC(c4ccc(F)cc4)C32)ccc1O. The maximum Gasteiger partial charge on any atom is 0.239 e. The van der Waals surface area contributed by atoms with Crippen molar-refractivity contribution in [3.63, 3.8) is 0 Å². The van der Waals surface area contributed by atoms with Gasteiger partial charge in [0.25, 0.3) is 0 Å². The number of rotatable bonds is 3. The summed E-state index contributed by atoms with van der Waals surface area (Å²) in [5.41, 5.74) is 7.92. The van der Waals surface area contributed by atoms with Gasteiger partial charge in [0.05, 0.1) is 19.2 Å². The largest absolute Gasteiger partial charge is 0.504 e.